The van der Waals surface area contributed by atoms with Gasteiger partial charge in [-0.15, -0.1) is 0 Å². The van der Waals surface area contributed by atoms with Gasteiger partial charge in [0, 0.05) is 0 Å². The van der Waals surface area contributed by atoms with Gasteiger partial charge in [0.15, 0.2) is 0 Å². The summed E-state index contributed by atoms with van der Waals surface area (Å²) >= 11 is 0. The minimum absolute atomic E-state index is 1.07. The summed E-state index contributed by atoms with van der Waals surface area (Å²) in [6.07, 6.45) is 1.25. The zero-order valence-electron chi connectivity index (χ0n) is 12.3. The average molecular weight is 225 g/mol. The Bertz CT molecular complexity index is 168. The highest BCUT2D eigenvalue weighted by molar-refractivity contribution is 5.11. The van der Waals surface area contributed by atoms with E-state index in [0.29, 0.717) is 0 Å². The van der Waals surface area contributed by atoms with Gasteiger partial charge in [-0.05, 0) is 20.5 Å². The molecule has 1 rings (SSSR count). The van der Waals surface area contributed by atoms with Crippen LogP contribution in [0.25, 0.3) is 0 Å². The van der Waals surface area contributed by atoms with E-state index in [9.17, 15) is 0 Å². The quantitative estimate of drug-likeness (QED) is 0.733. The Labute approximate surface area is 103 Å². The first-order valence-corrected chi connectivity index (χ1v) is 6.39. The second-order valence-electron chi connectivity index (χ2n) is 3.07. The molecule has 0 saturated carbocycles. The fraction of sp³-hybridized carbons (Fsp3) is 0.600. The summed E-state index contributed by atoms with van der Waals surface area (Å²) in [7, 11) is 1.93. The zero-order valence-corrected chi connectivity index (χ0v) is 12.3. The largest absolute Gasteiger partial charge is 0.320 e. The SMILES string of the molecule is CC.CCC.CCNC.Cc1ccccc1. The molecule has 0 bridgehead atoms. The summed E-state index contributed by atoms with van der Waals surface area (Å²) in [5.41, 5.74) is 1.32. The molecule has 0 fully saturated rings. The van der Waals surface area contributed by atoms with Crippen molar-refractivity contribution in [2.75, 3.05) is 13.6 Å². The van der Waals surface area contributed by atoms with Crippen LogP contribution in [0.3, 0.4) is 0 Å². The highest BCUT2D eigenvalue weighted by Gasteiger charge is 1.72. The number of rotatable bonds is 1. The summed E-state index contributed by atoms with van der Waals surface area (Å²) in [5.74, 6) is 0. The van der Waals surface area contributed by atoms with E-state index in [1.54, 1.807) is 0 Å². The molecule has 16 heavy (non-hydrogen) atoms. The van der Waals surface area contributed by atoms with Crippen molar-refractivity contribution >= 4 is 0 Å². The monoisotopic (exact) mass is 225 g/mol. The lowest BCUT2D eigenvalue weighted by molar-refractivity contribution is 0.864. The molecule has 0 aliphatic heterocycles. The summed E-state index contributed by atoms with van der Waals surface area (Å²) in [5, 5.41) is 2.93. The number of aryl methyl sites for hydroxylation is 1. The Morgan fingerprint density at radius 1 is 0.938 bits per heavy atom. The lowest BCUT2D eigenvalue weighted by atomic mass is 10.2. The van der Waals surface area contributed by atoms with E-state index >= 15 is 0 Å². The molecule has 0 unspecified atom stereocenters. The van der Waals surface area contributed by atoms with Crippen molar-refractivity contribution in [3.8, 4) is 0 Å². The van der Waals surface area contributed by atoms with Gasteiger partial charge in [0.05, 0.1) is 0 Å². The predicted molar refractivity (Wildman–Crippen MR) is 78.1 cm³/mol. The third-order valence-corrected chi connectivity index (χ3v) is 1.29. The maximum Gasteiger partial charge on any atom is -0.00804 e. The lowest BCUT2D eigenvalue weighted by Gasteiger charge is -1.82. The van der Waals surface area contributed by atoms with Crippen LogP contribution in [-0.4, -0.2) is 13.6 Å². The second kappa shape index (κ2) is 23.8. The van der Waals surface area contributed by atoms with Crippen molar-refractivity contribution in [1.82, 2.24) is 5.32 Å². The predicted octanol–water partition coefficient (Wildman–Crippen LogP) is 4.66. The molecule has 0 aromatic heterocycles. The number of hydrogen-bond donors (Lipinski definition) is 1. The van der Waals surface area contributed by atoms with E-state index in [1.165, 1.54) is 12.0 Å². The molecule has 0 spiro atoms. The molecular formula is C15H31N. The molecule has 1 aromatic rings. The maximum absolute atomic E-state index is 2.93. The Balaban J connectivity index is -0.000000163. The third kappa shape index (κ3) is 29.2. The fourth-order valence-corrected chi connectivity index (χ4v) is 0.534. The van der Waals surface area contributed by atoms with E-state index in [1.807, 2.05) is 39.1 Å². The van der Waals surface area contributed by atoms with E-state index in [4.69, 9.17) is 0 Å². The molecule has 1 aromatic carbocycles. The molecule has 0 atom stereocenters. The van der Waals surface area contributed by atoms with Crippen LogP contribution in [0.15, 0.2) is 30.3 Å². The minimum atomic E-state index is 1.07. The van der Waals surface area contributed by atoms with Crippen molar-refractivity contribution in [2.45, 2.75) is 48.0 Å². The standard InChI is InChI=1S/C7H8.C3H9N.C3H8.C2H6/c1-7-5-3-2-4-6-7;1-3-4-2;1-3-2;1-2/h2-6H,1H3;4H,3H2,1-2H3;3H2,1-2H3;1-2H3. The maximum atomic E-state index is 2.93. The molecule has 1 N–H and O–H groups in total. The minimum Gasteiger partial charge on any atom is -0.320 e. The van der Waals surface area contributed by atoms with E-state index in [-0.39, 0.29) is 0 Å². The average Bonchev–Trinajstić information content (AvgIpc) is 2.34. The first-order valence-electron chi connectivity index (χ1n) is 6.39. The fourth-order valence-electron chi connectivity index (χ4n) is 0.534. The van der Waals surface area contributed by atoms with Crippen molar-refractivity contribution in [1.29, 1.82) is 0 Å². The van der Waals surface area contributed by atoms with Crippen LogP contribution < -0.4 is 5.32 Å². The smallest absolute Gasteiger partial charge is 0.00804 e. The summed E-state index contributed by atoms with van der Waals surface area (Å²) in [6.45, 7) is 13.5. The van der Waals surface area contributed by atoms with Gasteiger partial charge in [-0.1, -0.05) is 76.9 Å². The van der Waals surface area contributed by atoms with Crippen molar-refractivity contribution in [3.63, 3.8) is 0 Å². The van der Waals surface area contributed by atoms with E-state index in [2.05, 4.69) is 45.1 Å². The van der Waals surface area contributed by atoms with Crippen molar-refractivity contribution in [2.24, 2.45) is 0 Å². The van der Waals surface area contributed by atoms with Crippen LogP contribution in [0.2, 0.25) is 0 Å². The topological polar surface area (TPSA) is 12.0 Å². The van der Waals surface area contributed by atoms with Gasteiger partial charge >= 0.3 is 0 Å². The van der Waals surface area contributed by atoms with Crippen LogP contribution in [0, 0.1) is 6.92 Å². The highest BCUT2D eigenvalue weighted by atomic mass is 14.8. The van der Waals surface area contributed by atoms with Gasteiger partial charge in [-0.25, -0.2) is 0 Å². The van der Waals surface area contributed by atoms with Gasteiger partial charge in [0.1, 0.15) is 0 Å². The number of benzene rings is 1. The van der Waals surface area contributed by atoms with Crippen LogP contribution in [-0.2, 0) is 0 Å². The van der Waals surface area contributed by atoms with Crippen molar-refractivity contribution in [3.05, 3.63) is 35.9 Å². The van der Waals surface area contributed by atoms with Crippen LogP contribution in [0.5, 0.6) is 0 Å². The molecule has 0 saturated heterocycles. The Kier molecular flexibility index (Phi) is 30.6. The normalized spacial score (nSPS) is 7.19. The van der Waals surface area contributed by atoms with Gasteiger partial charge in [0.2, 0.25) is 0 Å². The molecule has 1 heteroatoms. The molecule has 1 nitrogen and oxygen atoms in total. The molecule has 0 heterocycles. The molecule has 96 valence electrons. The first-order chi connectivity index (χ1) is 7.72. The van der Waals surface area contributed by atoms with E-state index in [0.717, 1.165) is 6.54 Å². The first kappa shape index (κ1) is 20.6. The van der Waals surface area contributed by atoms with Gasteiger partial charge in [0.25, 0.3) is 0 Å². The summed E-state index contributed by atoms with van der Waals surface area (Å²) < 4.78 is 0. The zero-order chi connectivity index (χ0) is 13.2. The van der Waals surface area contributed by atoms with Crippen LogP contribution in [0.1, 0.15) is 46.6 Å². The lowest BCUT2D eigenvalue weighted by Crippen LogP contribution is -2.01. The van der Waals surface area contributed by atoms with Gasteiger partial charge in [-0.3, -0.25) is 0 Å². The van der Waals surface area contributed by atoms with Crippen LogP contribution in [0.4, 0.5) is 0 Å². The van der Waals surface area contributed by atoms with Gasteiger partial charge < -0.3 is 5.32 Å². The van der Waals surface area contributed by atoms with Crippen LogP contribution >= 0.6 is 0 Å². The number of hydrogen-bond acceptors (Lipinski definition) is 1. The summed E-state index contributed by atoms with van der Waals surface area (Å²) in [4.78, 5) is 0. The Hall–Kier alpha value is -0.820. The molecular weight excluding hydrogens is 194 g/mol. The number of nitrogens with one attached hydrogen (secondary N) is 1. The Morgan fingerprint density at radius 2 is 1.25 bits per heavy atom. The van der Waals surface area contributed by atoms with Crippen molar-refractivity contribution < 1.29 is 0 Å². The van der Waals surface area contributed by atoms with Gasteiger partial charge in [-0.2, -0.15) is 0 Å². The third-order valence-electron chi connectivity index (χ3n) is 1.29. The molecule has 0 amide bonds. The second-order valence-corrected chi connectivity index (χ2v) is 3.07. The molecule has 0 radical (unpaired) electrons. The molecule has 0 aliphatic carbocycles. The summed E-state index contributed by atoms with van der Waals surface area (Å²) in [6, 6.07) is 10.3. The van der Waals surface area contributed by atoms with E-state index < -0.39 is 0 Å². The molecule has 0 aliphatic rings. The highest BCUT2D eigenvalue weighted by Crippen LogP contribution is 1.92. The Morgan fingerprint density at radius 3 is 1.38 bits per heavy atom.